The minimum absolute atomic E-state index is 0.0484. The number of nitrogens with one attached hydrogen (secondary N) is 1. The molecule has 1 saturated heterocycles. The first-order chi connectivity index (χ1) is 8.50. The summed E-state index contributed by atoms with van der Waals surface area (Å²) in [6, 6.07) is -1.24. The summed E-state index contributed by atoms with van der Waals surface area (Å²) in [6.07, 6.45) is 2.00. The van der Waals surface area contributed by atoms with Crippen LogP contribution in [0, 0.1) is 5.92 Å². The number of carbonyl (C=O) groups is 2. The Morgan fingerprint density at radius 1 is 1.56 bits per heavy atom. The van der Waals surface area contributed by atoms with E-state index < -0.39 is 18.0 Å². The highest BCUT2D eigenvalue weighted by molar-refractivity contribution is 5.91. The van der Waals surface area contributed by atoms with Gasteiger partial charge in [-0.1, -0.05) is 6.92 Å². The molecule has 98 valence electrons. The molecule has 0 aromatic carbocycles. The Labute approximate surface area is 104 Å². The lowest BCUT2D eigenvalue weighted by Crippen LogP contribution is -2.45. The van der Waals surface area contributed by atoms with Crippen LogP contribution in [0.3, 0.4) is 0 Å². The molecule has 2 rings (SSSR count). The second-order valence-electron chi connectivity index (χ2n) is 4.38. The quantitative estimate of drug-likeness (QED) is 0.781. The molecule has 1 fully saturated rings. The van der Waals surface area contributed by atoms with Crippen LogP contribution in [0.4, 0.5) is 10.7 Å². The van der Waals surface area contributed by atoms with Gasteiger partial charge in [0.2, 0.25) is 5.95 Å². The van der Waals surface area contributed by atoms with Gasteiger partial charge >= 0.3 is 12.0 Å². The highest BCUT2D eigenvalue weighted by Crippen LogP contribution is 2.24. The number of rotatable bonds is 2. The maximum Gasteiger partial charge on any atom is 0.326 e. The molecule has 18 heavy (non-hydrogen) atoms. The molecule has 0 radical (unpaired) electrons. The van der Waals surface area contributed by atoms with Gasteiger partial charge in [0.05, 0.1) is 0 Å². The van der Waals surface area contributed by atoms with Crippen LogP contribution in [-0.4, -0.2) is 49.4 Å². The van der Waals surface area contributed by atoms with Crippen molar-refractivity contribution >= 4 is 17.9 Å². The van der Waals surface area contributed by atoms with Crippen LogP contribution in [0.1, 0.15) is 13.3 Å². The molecule has 0 aliphatic carbocycles. The van der Waals surface area contributed by atoms with Crippen molar-refractivity contribution in [2.75, 3.05) is 11.9 Å². The first kappa shape index (κ1) is 12.3. The molecule has 2 amide bonds. The number of carbonyl (C=O) groups excluding carboxylic acids is 1. The molecule has 0 spiro atoms. The van der Waals surface area contributed by atoms with E-state index in [1.54, 1.807) is 7.05 Å². The van der Waals surface area contributed by atoms with Crippen molar-refractivity contribution in [1.82, 2.24) is 19.7 Å². The van der Waals surface area contributed by atoms with Crippen molar-refractivity contribution in [3.63, 3.8) is 0 Å². The molecule has 1 aliphatic heterocycles. The Morgan fingerprint density at radius 2 is 2.28 bits per heavy atom. The zero-order chi connectivity index (χ0) is 13.3. The smallest absolute Gasteiger partial charge is 0.326 e. The zero-order valence-electron chi connectivity index (χ0n) is 10.2. The molecule has 2 atom stereocenters. The van der Waals surface area contributed by atoms with Gasteiger partial charge < -0.3 is 10.0 Å². The van der Waals surface area contributed by atoms with Crippen LogP contribution in [0.2, 0.25) is 0 Å². The molecule has 1 aliphatic rings. The largest absolute Gasteiger partial charge is 0.480 e. The van der Waals surface area contributed by atoms with E-state index >= 15 is 0 Å². The maximum atomic E-state index is 12.0. The van der Waals surface area contributed by atoms with Gasteiger partial charge in [0.15, 0.2) is 0 Å². The monoisotopic (exact) mass is 253 g/mol. The van der Waals surface area contributed by atoms with Gasteiger partial charge in [0, 0.05) is 13.6 Å². The van der Waals surface area contributed by atoms with Crippen LogP contribution < -0.4 is 5.32 Å². The van der Waals surface area contributed by atoms with Gasteiger partial charge in [-0.2, -0.15) is 10.1 Å². The van der Waals surface area contributed by atoms with E-state index in [1.165, 1.54) is 15.9 Å². The van der Waals surface area contributed by atoms with Gasteiger partial charge in [-0.05, 0) is 12.3 Å². The van der Waals surface area contributed by atoms with E-state index in [4.69, 9.17) is 5.11 Å². The number of aromatic nitrogens is 3. The molecular weight excluding hydrogens is 238 g/mol. The molecule has 2 unspecified atom stereocenters. The molecule has 1 aromatic heterocycles. The normalized spacial score (nSPS) is 23.1. The van der Waals surface area contributed by atoms with E-state index in [0.29, 0.717) is 18.9 Å². The average molecular weight is 253 g/mol. The van der Waals surface area contributed by atoms with Gasteiger partial charge in [0.1, 0.15) is 12.4 Å². The first-order valence-electron chi connectivity index (χ1n) is 5.65. The molecule has 0 bridgehead atoms. The number of aliphatic carboxylic acids is 1. The highest BCUT2D eigenvalue weighted by atomic mass is 16.4. The van der Waals surface area contributed by atoms with Crippen LogP contribution in [0.5, 0.6) is 0 Å². The SMILES string of the molecule is CC1CCN(C(=O)Nc2ncnn2C)C1C(=O)O. The summed E-state index contributed by atoms with van der Waals surface area (Å²) < 4.78 is 1.41. The summed E-state index contributed by atoms with van der Waals surface area (Å²) in [5.41, 5.74) is 0. The Kier molecular flexibility index (Phi) is 3.17. The van der Waals surface area contributed by atoms with E-state index in [1.807, 2.05) is 6.92 Å². The van der Waals surface area contributed by atoms with E-state index in [2.05, 4.69) is 15.4 Å². The summed E-state index contributed by atoms with van der Waals surface area (Å²) in [5, 5.41) is 15.5. The van der Waals surface area contributed by atoms with Crippen LogP contribution in [0.15, 0.2) is 6.33 Å². The third-order valence-electron chi connectivity index (χ3n) is 3.14. The molecule has 2 heterocycles. The Morgan fingerprint density at radius 3 is 2.83 bits per heavy atom. The second-order valence-corrected chi connectivity index (χ2v) is 4.38. The molecule has 1 aromatic rings. The van der Waals surface area contributed by atoms with Gasteiger partial charge in [0.25, 0.3) is 0 Å². The van der Waals surface area contributed by atoms with E-state index in [0.717, 1.165) is 0 Å². The van der Waals surface area contributed by atoms with Crippen molar-refractivity contribution < 1.29 is 14.7 Å². The fourth-order valence-corrected chi connectivity index (χ4v) is 2.13. The lowest BCUT2D eigenvalue weighted by Gasteiger charge is -2.23. The molecular formula is C10H15N5O3. The van der Waals surface area contributed by atoms with E-state index in [-0.39, 0.29) is 5.92 Å². The van der Waals surface area contributed by atoms with Crippen LogP contribution >= 0.6 is 0 Å². The Bertz CT molecular complexity index is 472. The summed E-state index contributed by atoms with van der Waals surface area (Å²) >= 11 is 0. The fraction of sp³-hybridized carbons (Fsp3) is 0.600. The van der Waals surface area contributed by atoms with Crippen molar-refractivity contribution in [1.29, 1.82) is 0 Å². The number of urea groups is 1. The number of carboxylic acids is 1. The minimum Gasteiger partial charge on any atom is -0.480 e. The number of amides is 2. The predicted molar refractivity (Wildman–Crippen MR) is 61.9 cm³/mol. The van der Waals surface area contributed by atoms with Crippen molar-refractivity contribution in [2.24, 2.45) is 13.0 Å². The van der Waals surface area contributed by atoms with Crippen LogP contribution in [0.25, 0.3) is 0 Å². The maximum absolute atomic E-state index is 12.0. The number of likely N-dealkylation sites (tertiary alicyclic amines) is 1. The Hall–Kier alpha value is -2.12. The fourth-order valence-electron chi connectivity index (χ4n) is 2.13. The van der Waals surface area contributed by atoms with Crippen LogP contribution in [-0.2, 0) is 11.8 Å². The van der Waals surface area contributed by atoms with Crippen molar-refractivity contribution in [2.45, 2.75) is 19.4 Å². The number of aryl methyl sites for hydroxylation is 1. The first-order valence-corrected chi connectivity index (χ1v) is 5.65. The van der Waals surface area contributed by atoms with Crippen molar-refractivity contribution in [3.8, 4) is 0 Å². The third-order valence-corrected chi connectivity index (χ3v) is 3.14. The summed E-state index contributed by atoms with van der Waals surface area (Å²) in [4.78, 5) is 28.3. The number of nitrogens with zero attached hydrogens (tertiary/aromatic N) is 4. The third kappa shape index (κ3) is 2.13. The summed E-state index contributed by atoms with van der Waals surface area (Å²) in [6.45, 7) is 2.26. The number of hydrogen-bond acceptors (Lipinski definition) is 4. The Balaban J connectivity index is 2.09. The van der Waals surface area contributed by atoms with Gasteiger partial charge in [-0.15, -0.1) is 0 Å². The number of carboxylic acid groups (broad SMARTS) is 1. The standard InChI is InChI=1S/C10H15N5O3/c1-6-3-4-15(7(6)8(16)17)10(18)13-9-11-5-12-14(9)2/h5-7H,3-4H2,1-2H3,(H,16,17)(H,11,12,13,18). The van der Waals surface area contributed by atoms with Crippen molar-refractivity contribution in [3.05, 3.63) is 6.33 Å². The molecule has 8 nitrogen and oxygen atoms in total. The lowest BCUT2D eigenvalue weighted by molar-refractivity contribution is -0.142. The molecule has 0 saturated carbocycles. The topological polar surface area (TPSA) is 100 Å². The molecule has 2 N–H and O–H groups in total. The zero-order valence-corrected chi connectivity index (χ0v) is 10.2. The summed E-state index contributed by atoms with van der Waals surface area (Å²) in [7, 11) is 1.64. The minimum atomic E-state index is -0.979. The summed E-state index contributed by atoms with van der Waals surface area (Å²) in [5.74, 6) is -0.732. The second kappa shape index (κ2) is 4.63. The average Bonchev–Trinajstić information content (AvgIpc) is 2.86. The lowest BCUT2D eigenvalue weighted by atomic mass is 10.0. The van der Waals surface area contributed by atoms with Gasteiger partial charge in [-0.25, -0.2) is 14.3 Å². The highest BCUT2D eigenvalue weighted by Gasteiger charge is 2.39. The van der Waals surface area contributed by atoms with Gasteiger partial charge in [-0.3, -0.25) is 5.32 Å². The number of hydrogen-bond donors (Lipinski definition) is 2. The predicted octanol–water partition coefficient (Wildman–Crippen LogP) is 0.142. The van der Waals surface area contributed by atoms with E-state index in [9.17, 15) is 9.59 Å². The molecule has 8 heteroatoms. The number of anilines is 1.